The Kier molecular flexibility index (Phi) is 5.15. The Morgan fingerprint density at radius 1 is 1.45 bits per heavy atom. The topological polar surface area (TPSA) is 57.0 Å². The third kappa shape index (κ3) is 3.20. The average Bonchev–Trinajstić information content (AvgIpc) is 2.77. The second-order valence-corrected chi connectivity index (χ2v) is 5.57. The molecule has 2 aromatic heterocycles. The fourth-order valence-electron chi connectivity index (χ4n) is 1.63. The summed E-state index contributed by atoms with van der Waals surface area (Å²) >= 11 is 15.1. The molecule has 2 rings (SSSR count). The highest BCUT2D eigenvalue weighted by molar-refractivity contribution is 9.10. The zero-order chi connectivity index (χ0) is 14.7. The lowest BCUT2D eigenvalue weighted by Crippen LogP contribution is -2.16. The van der Waals surface area contributed by atoms with E-state index in [1.807, 2.05) is 0 Å². The van der Waals surface area contributed by atoms with Crippen LogP contribution in [-0.2, 0) is 11.3 Å². The minimum Gasteiger partial charge on any atom is -0.383 e. The molecule has 0 aliphatic carbocycles. The average molecular weight is 379 g/mol. The Hall–Kier alpha value is -0.950. The van der Waals surface area contributed by atoms with Gasteiger partial charge in [0.05, 0.1) is 33.9 Å². The third-order valence-electron chi connectivity index (χ3n) is 2.54. The quantitative estimate of drug-likeness (QED) is 0.749. The normalized spacial score (nSPS) is 10.8. The number of nitrogens with zero attached hydrogens (tertiary/aromatic N) is 3. The summed E-state index contributed by atoms with van der Waals surface area (Å²) < 4.78 is 7.11. The highest BCUT2D eigenvalue weighted by Crippen LogP contribution is 2.24. The Labute approximate surface area is 134 Å². The summed E-state index contributed by atoms with van der Waals surface area (Å²) in [7, 11) is 1.58. The summed E-state index contributed by atoms with van der Waals surface area (Å²) in [6.07, 6.45) is 2.93. The second-order valence-electron chi connectivity index (χ2n) is 3.87. The van der Waals surface area contributed by atoms with Crippen LogP contribution in [0, 0.1) is 0 Å². The van der Waals surface area contributed by atoms with Gasteiger partial charge in [0.2, 0.25) is 5.78 Å². The van der Waals surface area contributed by atoms with Crippen molar-refractivity contribution in [3.63, 3.8) is 0 Å². The summed E-state index contributed by atoms with van der Waals surface area (Å²) in [5, 5.41) is 4.70. The summed E-state index contributed by atoms with van der Waals surface area (Å²) in [4.78, 5) is 16.5. The number of hydrogen-bond acceptors (Lipinski definition) is 4. The molecule has 0 aliphatic heterocycles. The van der Waals surface area contributed by atoms with Crippen molar-refractivity contribution >= 4 is 44.9 Å². The first-order valence-corrected chi connectivity index (χ1v) is 7.15. The number of carbonyl (C=O) groups is 1. The van der Waals surface area contributed by atoms with Crippen molar-refractivity contribution in [3.05, 3.63) is 44.4 Å². The van der Waals surface area contributed by atoms with Crippen LogP contribution in [0.25, 0.3) is 0 Å². The molecule has 0 saturated heterocycles. The van der Waals surface area contributed by atoms with Crippen LogP contribution in [0.2, 0.25) is 10.0 Å². The van der Waals surface area contributed by atoms with Crippen molar-refractivity contribution in [1.29, 1.82) is 0 Å². The van der Waals surface area contributed by atoms with E-state index in [2.05, 4.69) is 26.0 Å². The number of hydrogen-bond donors (Lipinski definition) is 0. The molecule has 106 valence electrons. The molecule has 0 saturated carbocycles. The number of carbonyl (C=O) groups excluding carboxylic acids is 1. The maximum absolute atomic E-state index is 12.5. The van der Waals surface area contributed by atoms with Crippen molar-refractivity contribution in [1.82, 2.24) is 14.8 Å². The van der Waals surface area contributed by atoms with Gasteiger partial charge in [0.15, 0.2) is 0 Å². The van der Waals surface area contributed by atoms with Crippen LogP contribution in [-0.4, -0.2) is 34.3 Å². The number of aromatic nitrogens is 3. The van der Waals surface area contributed by atoms with Gasteiger partial charge < -0.3 is 4.74 Å². The lowest BCUT2D eigenvalue weighted by atomic mass is 10.2. The number of ketones is 1. The van der Waals surface area contributed by atoms with Crippen LogP contribution in [0.15, 0.2) is 22.9 Å². The van der Waals surface area contributed by atoms with E-state index in [1.165, 1.54) is 12.3 Å². The molecule has 0 aromatic carbocycles. The fraction of sp³-hybridized carbons (Fsp3) is 0.250. The van der Waals surface area contributed by atoms with Gasteiger partial charge in [-0.1, -0.05) is 23.2 Å². The van der Waals surface area contributed by atoms with E-state index in [0.29, 0.717) is 28.3 Å². The first-order chi connectivity index (χ1) is 9.54. The molecule has 2 heterocycles. The highest BCUT2D eigenvalue weighted by atomic mass is 79.9. The highest BCUT2D eigenvalue weighted by Gasteiger charge is 2.22. The standard InChI is InChI=1S/C12H10BrCl2N3O2/c1-20-3-2-18-11(8(13)6-17-18)12(19)10-9(15)4-7(14)5-16-10/h4-6H,2-3H2,1H3. The van der Waals surface area contributed by atoms with Crippen molar-refractivity contribution in [2.75, 3.05) is 13.7 Å². The van der Waals surface area contributed by atoms with E-state index in [-0.39, 0.29) is 16.5 Å². The Morgan fingerprint density at radius 2 is 2.20 bits per heavy atom. The van der Waals surface area contributed by atoms with Gasteiger partial charge in [-0.2, -0.15) is 5.10 Å². The van der Waals surface area contributed by atoms with E-state index in [0.717, 1.165) is 0 Å². The minimum atomic E-state index is -0.327. The molecule has 0 unspecified atom stereocenters. The van der Waals surface area contributed by atoms with Gasteiger partial charge in [-0.3, -0.25) is 9.48 Å². The second kappa shape index (κ2) is 6.67. The van der Waals surface area contributed by atoms with Crippen molar-refractivity contribution in [3.8, 4) is 0 Å². The first-order valence-electron chi connectivity index (χ1n) is 5.60. The first kappa shape index (κ1) is 15.4. The molecule has 0 spiro atoms. The van der Waals surface area contributed by atoms with Crippen LogP contribution in [0.3, 0.4) is 0 Å². The van der Waals surface area contributed by atoms with E-state index in [1.54, 1.807) is 18.0 Å². The molecule has 0 bridgehead atoms. The summed E-state index contributed by atoms with van der Waals surface area (Å²) in [5.41, 5.74) is 0.509. The van der Waals surface area contributed by atoms with Crippen LogP contribution < -0.4 is 0 Å². The van der Waals surface area contributed by atoms with Crippen LogP contribution in [0.4, 0.5) is 0 Å². The number of methoxy groups -OCH3 is 1. The molecule has 0 N–H and O–H groups in total. The molecule has 2 aromatic rings. The largest absolute Gasteiger partial charge is 0.383 e. The molecule has 5 nitrogen and oxygen atoms in total. The summed E-state index contributed by atoms with van der Waals surface area (Å²) in [5.74, 6) is -0.327. The number of rotatable bonds is 5. The lowest BCUT2D eigenvalue weighted by molar-refractivity contribution is 0.102. The maximum atomic E-state index is 12.5. The zero-order valence-corrected chi connectivity index (χ0v) is 13.5. The molecule has 0 atom stereocenters. The molecule has 0 aliphatic rings. The zero-order valence-electron chi connectivity index (χ0n) is 10.4. The number of pyridine rings is 1. The monoisotopic (exact) mass is 377 g/mol. The van der Waals surface area contributed by atoms with Crippen molar-refractivity contribution < 1.29 is 9.53 Å². The number of ether oxygens (including phenoxy) is 1. The molecule has 0 fully saturated rings. The molecular formula is C12H10BrCl2N3O2. The van der Waals surface area contributed by atoms with Gasteiger partial charge in [-0.05, 0) is 22.0 Å². The third-order valence-corrected chi connectivity index (χ3v) is 3.62. The Balaban J connectivity index is 2.40. The van der Waals surface area contributed by atoms with Crippen LogP contribution in [0.1, 0.15) is 16.2 Å². The van der Waals surface area contributed by atoms with Crippen LogP contribution in [0.5, 0.6) is 0 Å². The molecule has 0 radical (unpaired) electrons. The van der Waals surface area contributed by atoms with Crippen molar-refractivity contribution in [2.24, 2.45) is 0 Å². The fourth-order valence-corrected chi connectivity index (χ4v) is 2.57. The van der Waals surface area contributed by atoms with E-state index in [4.69, 9.17) is 27.9 Å². The van der Waals surface area contributed by atoms with Crippen molar-refractivity contribution in [2.45, 2.75) is 6.54 Å². The van der Waals surface area contributed by atoms with Gasteiger partial charge in [0.1, 0.15) is 11.4 Å². The Morgan fingerprint density at radius 3 is 2.85 bits per heavy atom. The predicted octanol–water partition coefficient (Wildman–Crippen LogP) is 3.22. The summed E-state index contributed by atoms with van der Waals surface area (Å²) in [6, 6.07) is 1.48. The molecule has 20 heavy (non-hydrogen) atoms. The van der Waals surface area contributed by atoms with E-state index >= 15 is 0 Å². The predicted molar refractivity (Wildman–Crippen MR) is 79.5 cm³/mol. The lowest BCUT2D eigenvalue weighted by Gasteiger charge is -2.07. The van der Waals surface area contributed by atoms with Gasteiger partial charge in [-0.25, -0.2) is 4.98 Å². The van der Waals surface area contributed by atoms with Gasteiger partial charge in [0, 0.05) is 13.3 Å². The smallest absolute Gasteiger partial charge is 0.232 e. The molecular weight excluding hydrogens is 369 g/mol. The molecule has 0 amide bonds. The maximum Gasteiger partial charge on any atom is 0.232 e. The van der Waals surface area contributed by atoms with E-state index in [9.17, 15) is 4.79 Å². The van der Waals surface area contributed by atoms with E-state index < -0.39 is 0 Å². The minimum absolute atomic E-state index is 0.135. The van der Waals surface area contributed by atoms with Gasteiger partial charge in [0.25, 0.3) is 0 Å². The van der Waals surface area contributed by atoms with Gasteiger partial charge >= 0.3 is 0 Å². The number of halogens is 3. The molecule has 8 heteroatoms. The van der Waals surface area contributed by atoms with Crippen LogP contribution >= 0.6 is 39.1 Å². The SMILES string of the molecule is COCCn1ncc(Br)c1C(=O)c1ncc(Cl)cc1Cl. The Bertz CT molecular complexity index is 646. The summed E-state index contributed by atoms with van der Waals surface area (Å²) in [6.45, 7) is 0.893. The van der Waals surface area contributed by atoms with Gasteiger partial charge in [-0.15, -0.1) is 0 Å².